The van der Waals surface area contributed by atoms with Crippen LogP contribution in [0.1, 0.15) is 45.4 Å². The minimum atomic E-state index is 0.324. The summed E-state index contributed by atoms with van der Waals surface area (Å²) in [6.45, 7) is 2.21. The van der Waals surface area contributed by atoms with E-state index < -0.39 is 0 Å². The van der Waals surface area contributed by atoms with E-state index in [9.17, 15) is 4.79 Å². The highest BCUT2D eigenvalue weighted by atomic mass is 16.2. The van der Waals surface area contributed by atoms with Gasteiger partial charge in [0, 0.05) is 12.0 Å². The molecule has 1 amide bonds. The third-order valence-corrected chi connectivity index (χ3v) is 4.75. The zero-order valence-corrected chi connectivity index (χ0v) is 9.54. The molecule has 0 unspecified atom stereocenters. The van der Waals surface area contributed by atoms with Crippen molar-refractivity contribution in [1.29, 1.82) is 0 Å². The standard InChI is InChI=1S/C13H21NO/c1-8(14-13(15)10-4-5-10)12-7-9-2-3-11(12)6-9/h8-12H,2-7H2,1H3,(H,14,15)/t8-,9-,11-,12+/m1/s1. The van der Waals surface area contributed by atoms with Crippen LogP contribution in [-0.4, -0.2) is 11.9 Å². The fourth-order valence-electron chi connectivity index (χ4n) is 3.70. The Morgan fingerprint density at radius 3 is 2.53 bits per heavy atom. The molecule has 4 atom stereocenters. The lowest BCUT2D eigenvalue weighted by atomic mass is 9.84. The fraction of sp³-hybridized carbons (Fsp3) is 0.923. The van der Waals surface area contributed by atoms with Crippen molar-refractivity contribution in [3.63, 3.8) is 0 Å². The largest absolute Gasteiger partial charge is 0.353 e. The Labute approximate surface area is 91.8 Å². The zero-order chi connectivity index (χ0) is 10.4. The van der Waals surface area contributed by atoms with Gasteiger partial charge in [0.25, 0.3) is 0 Å². The first-order chi connectivity index (χ1) is 7.24. The Kier molecular flexibility index (Phi) is 2.26. The van der Waals surface area contributed by atoms with Crippen LogP contribution in [0, 0.1) is 23.7 Å². The van der Waals surface area contributed by atoms with Crippen LogP contribution in [0.15, 0.2) is 0 Å². The van der Waals surface area contributed by atoms with Gasteiger partial charge >= 0.3 is 0 Å². The molecule has 0 aromatic rings. The predicted octanol–water partition coefficient (Wildman–Crippen LogP) is 2.34. The second-order valence-electron chi connectivity index (χ2n) is 5.91. The highest BCUT2D eigenvalue weighted by Gasteiger charge is 2.42. The van der Waals surface area contributed by atoms with E-state index in [1.807, 2.05) is 0 Å². The molecular formula is C13H21NO. The molecule has 1 N–H and O–H groups in total. The monoisotopic (exact) mass is 207 g/mol. The van der Waals surface area contributed by atoms with Crippen molar-refractivity contribution in [1.82, 2.24) is 5.32 Å². The molecule has 84 valence electrons. The second-order valence-corrected chi connectivity index (χ2v) is 5.91. The Morgan fingerprint density at radius 2 is 2.00 bits per heavy atom. The third kappa shape index (κ3) is 1.79. The number of nitrogens with one attached hydrogen (secondary N) is 1. The molecular weight excluding hydrogens is 186 g/mol. The summed E-state index contributed by atoms with van der Waals surface area (Å²) in [5.74, 6) is 3.38. The van der Waals surface area contributed by atoms with Crippen LogP contribution in [0.2, 0.25) is 0 Å². The molecule has 3 aliphatic rings. The molecule has 3 rings (SSSR count). The van der Waals surface area contributed by atoms with E-state index in [2.05, 4.69) is 12.2 Å². The Hall–Kier alpha value is -0.530. The maximum Gasteiger partial charge on any atom is 0.223 e. The molecule has 3 aliphatic carbocycles. The van der Waals surface area contributed by atoms with E-state index in [1.54, 1.807) is 0 Å². The first-order valence-corrected chi connectivity index (χ1v) is 6.54. The average Bonchev–Trinajstić information content (AvgIpc) is 2.87. The lowest BCUT2D eigenvalue weighted by Crippen LogP contribution is -2.40. The molecule has 0 spiro atoms. The molecule has 3 saturated carbocycles. The summed E-state index contributed by atoms with van der Waals surface area (Å²) in [4.78, 5) is 11.7. The maximum absolute atomic E-state index is 11.7. The number of hydrogen-bond donors (Lipinski definition) is 1. The summed E-state index contributed by atoms with van der Waals surface area (Å²) in [6, 6.07) is 0.424. The summed E-state index contributed by atoms with van der Waals surface area (Å²) < 4.78 is 0. The second kappa shape index (κ2) is 3.50. The third-order valence-electron chi connectivity index (χ3n) is 4.75. The van der Waals surface area contributed by atoms with Crippen LogP contribution >= 0.6 is 0 Å². The van der Waals surface area contributed by atoms with E-state index in [0.717, 1.165) is 30.6 Å². The number of rotatable bonds is 3. The molecule has 0 radical (unpaired) electrons. The smallest absolute Gasteiger partial charge is 0.223 e. The van der Waals surface area contributed by atoms with Crippen LogP contribution in [0.5, 0.6) is 0 Å². The summed E-state index contributed by atoms with van der Waals surface area (Å²) in [5.41, 5.74) is 0. The molecule has 2 bridgehead atoms. The predicted molar refractivity (Wildman–Crippen MR) is 59.3 cm³/mol. The molecule has 3 fully saturated rings. The minimum absolute atomic E-state index is 0.324. The topological polar surface area (TPSA) is 29.1 Å². The molecule has 0 aliphatic heterocycles. The van der Waals surface area contributed by atoms with Crippen molar-refractivity contribution in [2.75, 3.05) is 0 Å². The lowest BCUT2D eigenvalue weighted by molar-refractivity contribution is -0.123. The van der Waals surface area contributed by atoms with Crippen LogP contribution < -0.4 is 5.32 Å². The SMILES string of the molecule is C[C@@H](NC(=O)C1CC1)[C@@H]1C[C@@H]2CC[C@@H]1C2. The van der Waals surface area contributed by atoms with Crippen molar-refractivity contribution in [3.05, 3.63) is 0 Å². The molecule has 0 aromatic carbocycles. The van der Waals surface area contributed by atoms with E-state index in [-0.39, 0.29) is 0 Å². The van der Waals surface area contributed by atoms with Crippen LogP contribution in [0.4, 0.5) is 0 Å². The van der Waals surface area contributed by atoms with Gasteiger partial charge in [-0.05, 0) is 56.8 Å². The normalized spacial score (nSPS) is 40.5. The highest BCUT2D eigenvalue weighted by molar-refractivity contribution is 5.81. The molecule has 2 heteroatoms. The van der Waals surface area contributed by atoms with E-state index in [4.69, 9.17) is 0 Å². The van der Waals surface area contributed by atoms with Gasteiger partial charge in [-0.1, -0.05) is 6.42 Å². The molecule has 0 aromatic heterocycles. The van der Waals surface area contributed by atoms with E-state index in [1.165, 1.54) is 25.7 Å². The van der Waals surface area contributed by atoms with Gasteiger partial charge in [0.2, 0.25) is 5.91 Å². The summed E-state index contributed by atoms with van der Waals surface area (Å²) >= 11 is 0. The van der Waals surface area contributed by atoms with Gasteiger partial charge in [0.1, 0.15) is 0 Å². The van der Waals surface area contributed by atoms with Crippen molar-refractivity contribution >= 4 is 5.91 Å². The molecule has 0 heterocycles. The summed E-state index contributed by atoms with van der Waals surface area (Å²) in [6.07, 6.45) is 7.92. The van der Waals surface area contributed by atoms with Gasteiger partial charge in [0.15, 0.2) is 0 Å². The first kappa shape index (κ1) is 9.68. The lowest BCUT2D eigenvalue weighted by Gasteiger charge is -2.28. The maximum atomic E-state index is 11.7. The van der Waals surface area contributed by atoms with Gasteiger partial charge in [-0.25, -0.2) is 0 Å². The Balaban J connectivity index is 1.55. The fourth-order valence-corrected chi connectivity index (χ4v) is 3.70. The zero-order valence-electron chi connectivity index (χ0n) is 9.54. The van der Waals surface area contributed by atoms with Crippen LogP contribution in [0.25, 0.3) is 0 Å². The van der Waals surface area contributed by atoms with E-state index in [0.29, 0.717) is 17.9 Å². The number of amides is 1. The molecule has 15 heavy (non-hydrogen) atoms. The number of carbonyl (C=O) groups is 1. The quantitative estimate of drug-likeness (QED) is 0.756. The van der Waals surface area contributed by atoms with Crippen molar-refractivity contribution in [3.8, 4) is 0 Å². The van der Waals surface area contributed by atoms with Crippen molar-refractivity contribution in [2.45, 2.75) is 51.5 Å². The Bertz CT molecular complexity index is 272. The average molecular weight is 207 g/mol. The van der Waals surface area contributed by atoms with Gasteiger partial charge < -0.3 is 5.32 Å². The van der Waals surface area contributed by atoms with Gasteiger partial charge in [-0.15, -0.1) is 0 Å². The number of fused-ring (bicyclic) bond motifs is 2. The van der Waals surface area contributed by atoms with Gasteiger partial charge in [-0.3, -0.25) is 4.79 Å². The Morgan fingerprint density at radius 1 is 1.20 bits per heavy atom. The van der Waals surface area contributed by atoms with Crippen molar-refractivity contribution in [2.24, 2.45) is 23.7 Å². The molecule has 2 nitrogen and oxygen atoms in total. The first-order valence-electron chi connectivity index (χ1n) is 6.54. The number of hydrogen-bond acceptors (Lipinski definition) is 1. The minimum Gasteiger partial charge on any atom is -0.353 e. The molecule has 0 saturated heterocycles. The summed E-state index contributed by atoms with van der Waals surface area (Å²) in [7, 11) is 0. The van der Waals surface area contributed by atoms with Crippen LogP contribution in [0.3, 0.4) is 0 Å². The van der Waals surface area contributed by atoms with Crippen LogP contribution in [-0.2, 0) is 4.79 Å². The number of carbonyl (C=O) groups excluding carboxylic acids is 1. The van der Waals surface area contributed by atoms with E-state index >= 15 is 0 Å². The van der Waals surface area contributed by atoms with Gasteiger partial charge in [-0.2, -0.15) is 0 Å². The van der Waals surface area contributed by atoms with Crippen molar-refractivity contribution < 1.29 is 4.79 Å². The summed E-state index contributed by atoms with van der Waals surface area (Å²) in [5, 5.41) is 3.23. The highest BCUT2D eigenvalue weighted by Crippen LogP contribution is 2.49. The van der Waals surface area contributed by atoms with Gasteiger partial charge in [0.05, 0.1) is 0 Å².